The quantitative estimate of drug-likeness (QED) is 0.819. The Labute approximate surface area is 105 Å². The van der Waals surface area contributed by atoms with Gasteiger partial charge in [-0.2, -0.15) is 0 Å². The summed E-state index contributed by atoms with van der Waals surface area (Å²) in [5, 5.41) is 3.57. The lowest BCUT2D eigenvalue weighted by Gasteiger charge is -2.32. The van der Waals surface area contributed by atoms with Crippen LogP contribution in [0.5, 0.6) is 0 Å². The van der Waals surface area contributed by atoms with Crippen LogP contribution in [0.2, 0.25) is 0 Å². The zero-order valence-corrected chi connectivity index (χ0v) is 11.6. The zero-order chi connectivity index (χ0) is 12.6. The fourth-order valence-corrected chi connectivity index (χ4v) is 3.44. The van der Waals surface area contributed by atoms with Crippen LogP contribution >= 0.6 is 0 Å². The first-order chi connectivity index (χ1) is 8.02. The molecule has 2 rings (SSSR count). The lowest BCUT2D eigenvalue weighted by Crippen LogP contribution is -2.46. The highest BCUT2D eigenvalue weighted by atomic mass is 16.2. The highest BCUT2D eigenvalue weighted by Crippen LogP contribution is 2.37. The van der Waals surface area contributed by atoms with Crippen LogP contribution in [-0.4, -0.2) is 28.6 Å². The van der Waals surface area contributed by atoms with Crippen molar-refractivity contribution < 1.29 is 4.79 Å². The molecule has 2 aliphatic rings. The first-order valence-corrected chi connectivity index (χ1v) is 7.12. The molecule has 3 nitrogen and oxygen atoms in total. The average molecular weight is 238 g/mol. The van der Waals surface area contributed by atoms with Crippen LogP contribution in [0.4, 0.5) is 0 Å². The summed E-state index contributed by atoms with van der Waals surface area (Å²) in [7, 11) is 0. The second kappa shape index (κ2) is 4.60. The Kier molecular flexibility index (Phi) is 3.48. The maximum atomic E-state index is 12.7. The second-order valence-corrected chi connectivity index (χ2v) is 5.95. The van der Waals surface area contributed by atoms with Crippen molar-refractivity contribution in [3.63, 3.8) is 0 Å². The Balaban J connectivity index is 2.16. The van der Waals surface area contributed by atoms with Gasteiger partial charge < -0.3 is 4.90 Å². The first kappa shape index (κ1) is 12.9. The van der Waals surface area contributed by atoms with Crippen LogP contribution in [0.1, 0.15) is 59.8 Å². The van der Waals surface area contributed by atoms with E-state index in [0.717, 1.165) is 19.3 Å². The van der Waals surface area contributed by atoms with Crippen molar-refractivity contribution >= 4 is 5.91 Å². The fourth-order valence-electron chi connectivity index (χ4n) is 3.44. The van der Waals surface area contributed by atoms with Gasteiger partial charge in [-0.25, -0.2) is 0 Å². The highest BCUT2D eigenvalue weighted by Gasteiger charge is 2.52. The number of nitrogens with zero attached hydrogens (tertiary/aromatic N) is 1. The van der Waals surface area contributed by atoms with Gasteiger partial charge in [0.15, 0.2) is 0 Å². The van der Waals surface area contributed by atoms with E-state index in [1.54, 1.807) is 0 Å². The molecule has 0 radical (unpaired) electrons. The minimum atomic E-state index is -0.207. The Morgan fingerprint density at radius 3 is 2.53 bits per heavy atom. The smallest absolute Gasteiger partial charge is 0.244 e. The third kappa shape index (κ3) is 1.99. The number of carbonyl (C=O) groups excluding carboxylic acids is 1. The molecule has 1 spiro atoms. The van der Waals surface area contributed by atoms with Crippen molar-refractivity contribution in [1.29, 1.82) is 0 Å². The molecule has 1 amide bonds. The monoisotopic (exact) mass is 238 g/mol. The van der Waals surface area contributed by atoms with E-state index in [1.807, 2.05) is 0 Å². The third-order valence-electron chi connectivity index (χ3n) is 4.91. The molecule has 2 fully saturated rings. The number of nitrogens with one attached hydrogen (secondary N) is 1. The van der Waals surface area contributed by atoms with Crippen LogP contribution in [0.3, 0.4) is 0 Å². The maximum Gasteiger partial charge on any atom is 0.244 e. The van der Waals surface area contributed by atoms with Crippen molar-refractivity contribution in [3.8, 4) is 0 Å². The topological polar surface area (TPSA) is 32.3 Å². The Morgan fingerprint density at radius 2 is 2.00 bits per heavy atom. The molecule has 0 aromatic carbocycles. The van der Waals surface area contributed by atoms with Gasteiger partial charge in [0, 0.05) is 6.04 Å². The molecule has 17 heavy (non-hydrogen) atoms. The van der Waals surface area contributed by atoms with Crippen LogP contribution < -0.4 is 5.32 Å². The van der Waals surface area contributed by atoms with Gasteiger partial charge in [-0.05, 0) is 32.6 Å². The van der Waals surface area contributed by atoms with Crippen molar-refractivity contribution in [3.05, 3.63) is 0 Å². The molecule has 1 heterocycles. The van der Waals surface area contributed by atoms with Crippen LogP contribution in [0, 0.1) is 5.92 Å². The number of carbonyl (C=O) groups is 1. The third-order valence-corrected chi connectivity index (χ3v) is 4.91. The van der Waals surface area contributed by atoms with Crippen molar-refractivity contribution in [2.24, 2.45) is 5.92 Å². The van der Waals surface area contributed by atoms with E-state index < -0.39 is 0 Å². The lowest BCUT2D eigenvalue weighted by atomic mass is 9.95. The molecule has 1 N–H and O–H groups in total. The van der Waals surface area contributed by atoms with E-state index in [1.165, 1.54) is 12.8 Å². The molecule has 3 heteroatoms. The molecule has 3 unspecified atom stereocenters. The summed E-state index contributed by atoms with van der Waals surface area (Å²) >= 11 is 0. The molecule has 0 bridgehead atoms. The first-order valence-electron chi connectivity index (χ1n) is 7.12. The summed E-state index contributed by atoms with van der Waals surface area (Å²) in [6.45, 7) is 8.76. The van der Waals surface area contributed by atoms with E-state index in [9.17, 15) is 4.79 Å². The predicted molar refractivity (Wildman–Crippen MR) is 69.6 cm³/mol. The summed E-state index contributed by atoms with van der Waals surface area (Å²) in [4.78, 5) is 14.8. The normalized spacial score (nSPS) is 31.2. The second-order valence-electron chi connectivity index (χ2n) is 5.95. The van der Waals surface area contributed by atoms with Crippen LogP contribution in [-0.2, 0) is 4.79 Å². The standard InChI is InChI=1S/C14H26N2O/c1-5-10(2)11(3)16-12(4)15-14(13(16)17)8-6-7-9-14/h10-12,15H,5-9H2,1-4H3. The predicted octanol–water partition coefficient (Wildman–Crippen LogP) is 2.51. The van der Waals surface area contributed by atoms with E-state index in [0.29, 0.717) is 17.9 Å². The molecular weight excluding hydrogens is 212 g/mol. The molecule has 1 aliphatic carbocycles. The fraction of sp³-hybridized carbons (Fsp3) is 0.929. The number of hydrogen-bond acceptors (Lipinski definition) is 2. The van der Waals surface area contributed by atoms with Gasteiger partial charge in [-0.1, -0.05) is 33.1 Å². The molecular formula is C14H26N2O. The molecule has 1 aliphatic heterocycles. The maximum absolute atomic E-state index is 12.7. The van der Waals surface area contributed by atoms with Gasteiger partial charge in [0.05, 0.1) is 11.7 Å². The van der Waals surface area contributed by atoms with Gasteiger partial charge in [-0.3, -0.25) is 10.1 Å². The summed E-state index contributed by atoms with van der Waals surface area (Å²) in [6.07, 6.45) is 5.77. The molecule has 1 saturated heterocycles. The van der Waals surface area contributed by atoms with Gasteiger partial charge in [0.25, 0.3) is 0 Å². The molecule has 0 aromatic rings. The Hall–Kier alpha value is -0.570. The van der Waals surface area contributed by atoms with Crippen molar-refractivity contribution in [2.75, 3.05) is 0 Å². The summed E-state index contributed by atoms with van der Waals surface area (Å²) in [5.74, 6) is 0.926. The number of hydrogen-bond donors (Lipinski definition) is 1. The molecule has 3 atom stereocenters. The molecule has 98 valence electrons. The number of rotatable bonds is 3. The van der Waals surface area contributed by atoms with E-state index >= 15 is 0 Å². The molecule has 1 saturated carbocycles. The largest absolute Gasteiger partial charge is 0.323 e. The Bertz CT molecular complexity index is 297. The van der Waals surface area contributed by atoms with Crippen molar-refractivity contribution in [2.45, 2.75) is 77.5 Å². The van der Waals surface area contributed by atoms with Gasteiger partial charge in [-0.15, -0.1) is 0 Å². The van der Waals surface area contributed by atoms with Gasteiger partial charge in [0.2, 0.25) is 5.91 Å². The van der Waals surface area contributed by atoms with Crippen LogP contribution in [0.15, 0.2) is 0 Å². The summed E-state index contributed by atoms with van der Waals surface area (Å²) in [5.41, 5.74) is -0.207. The molecule has 0 aromatic heterocycles. The van der Waals surface area contributed by atoms with E-state index in [4.69, 9.17) is 0 Å². The van der Waals surface area contributed by atoms with Gasteiger partial charge >= 0.3 is 0 Å². The minimum absolute atomic E-state index is 0.199. The van der Waals surface area contributed by atoms with Crippen LogP contribution in [0.25, 0.3) is 0 Å². The van der Waals surface area contributed by atoms with E-state index in [2.05, 4.69) is 37.9 Å². The summed E-state index contributed by atoms with van der Waals surface area (Å²) < 4.78 is 0. The van der Waals surface area contributed by atoms with E-state index in [-0.39, 0.29) is 11.7 Å². The SMILES string of the molecule is CCC(C)C(C)N1C(=O)C2(CCCC2)NC1C. The summed E-state index contributed by atoms with van der Waals surface area (Å²) in [6, 6.07) is 0.343. The zero-order valence-electron chi connectivity index (χ0n) is 11.6. The number of amides is 1. The van der Waals surface area contributed by atoms with Gasteiger partial charge in [0.1, 0.15) is 0 Å². The van der Waals surface area contributed by atoms with Crippen molar-refractivity contribution in [1.82, 2.24) is 10.2 Å². The average Bonchev–Trinajstić information content (AvgIpc) is 2.85. The highest BCUT2D eigenvalue weighted by molar-refractivity contribution is 5.89. The Morgan fingerprint density at radius 1 is 1.41 bits per heavy atom. The minimum Gasteiger partial charge on any atom is -0.323 e. The lowest BCUT2D eigenvalue weighted by molar-refractivity contribution is -0.135.